The summed E-state index contributed by atoms with van der Waals surface area (Å²) in [6.45, 7) is 2.07. The van der Waals surface area contributed by atoms with E-state index in [0.717, 1.165) is 28.5 Å². The number of carbonyl (C=O) groups excluding carboxylic acids is 1. The fourth-order valence-corrected chi connectivity index (χ4v) is 5.02. The number of aliphatic imine (C=N–C) groups is 1. The van der Waals surface area contributed by atoms with Crippen molar-refractivity contribution in [3.05, 3.63) is 70.4 Å². The highest BCUT2D eigenvalue weighted by Gasteiger charge is 2.52. The molecule has 1 aromatic heterocycles. The van der Waals surface area contributed by atoms with Crippen LogP contribution >= 0.6 is 11.6 Å². The summed E-state index contributed by atoms with van der Waals surface area (Å²) in [6.07, 6.45) is 4.21. The standard InChI is InChI=1S/C24H24ClN3O2/c1-14-8-9-20-16(11-14)15(13-27-20)12-19(26)23-28-24(17-5-2-3-6-18(17)25)10-4-7-21(30-23)22(24)29/h2-3,5-6,8-9,11,13,19,21,27H,4,7,10,12,26H2,1H3/t19?,21-,24-/m1/s1. The molecule has 0 radical (unpaired) electrons. The molecular formula is C24H24ClN3O2. The van der Waals surface area contributed by atoms with Crippen LogP contribution in [-0.2, 0) is 21.5 Å². The lowest BCUT2D eigenvalue weighted by molar-refractivity contribution is -0.137. The number of aryl methyl sites for hydroxylation is 1. The molecule has 1 fully saturated rings. The highest BCUT2D eigenvalue weighted by atomic mass is 35.5. The van der Waals surface area contributed by atoms with Crippen LogP contribution in [0.2, 0.25) is 5.02 Å². The Morgan fingerprint density at radius 3 is 3.00 bits per heavy atom. The number of nitrogens with two attached hydrogens (primary N) is 1. The highest BCUT2D eigenvalue weighted by molar-refractivity contribution is 6.32. The van der Waals surface area contributed by atoms with Crippen LogP contribution in [0.4, 0.5) is 0 Å². The molecule has 2 aliphatic rings. The number of Topliss-reactive ketones (excluding diaryl/α,β-unsaturated/α-hetero) is 1. The van der Waals surface area contributed by atoms with Gasteiger partial charge in [-0.1, -0.05) is 41.4 Å². The Kier molecular flexibility index (Phi) is 4.68. The van der Waals surface area contributed by atoms with Gasteiger partial charge in [0, 0.05) is 27.7 Å². The number of hydrogen-bond acceptors (Lipinski definition) is 4. The highest BCUT2D eigenvalue weighted by Crippen LogP contribution is 2.44. The van der Waals surface area contributed by atoms with Gasteiger partial charge >= 0.3 is 0 Å². The zero-order valence-electron chi connectivity index (χ0n) is 16.8. The molecule has 154 valence electrons. The molecule has 1 aliphatic carbocycles. The molecule has 3 N–H and O–H groups in total. The summed E-state index contributed by atoms with van der Waals surface area (Å²) in [5.41, 5.74) is 9.71. The van der Waals surface area contributed by atoms with E-state index in [-0.39, 0.29) is 5.78 Å². The van der Waals surface area contributed by atoms with E-state index in [9.17, 15) is 4.79 Å². The van der Waals surface area contributed by atoms with Crippen molar-refractivity contribution in [2.75, 3.05) is 0 Å². The number of rotatable bonds is 4. The summed E-state index contributed by atoms with van der Waals surface area (Å²) in [5.74, 6) is 0.432. The Morgan fingerprint density at radius 1 is 1.33 bits per heavy atom. The number of aromatic nitrogens is 1. The second-order valence-corrected chi connectivity index (χ2v) is 8.73. The SMILES string of the molecule is Cc1ccc2[nH]cc(CC(N)C3=N[C@@]4(c5ccccc5Cl)CCC[C@@H](O3)C4=O)c2c1. The van der Waals surface area contributed by atoms with Gasteiger partial charge < -0.3 is 15.5 Å². The van der Waals surface area contributed by atoms with Crippen molar-refractivity contribution < 1.29 is 9.53 Å². The predicted octanol–water partition coefficient (Wildman–Crippen LogP) is 4.45. The average Bonchev–Trinajstić information content (AvgIpc) is 3.10. The van der Waals surface area contributed by atoms with Gasteiger partial charge in [-0.2, -0.15) is 0 Å². The molecule has 1 saturated carbocycles. The second-order valence-electron chi connectivity index (χ2n) is 8.33. The van der Waals surface area contributed by atoms with E-state index < -0.39 is 17.7 Å². The number of fused-ring (bicyclic) bond motifs is 3. The van der Waals surface area contributed by atoms with E-state index in [1.54, 1.807) is 6.07 Å². The number of halogens is 1. The number of H-pyrrole nitrogens is 1. The lowest BCUT2D eigenvalue weighted by atomic mass is 9.73. The summed E-state index contributed by atoms with van der Waals surface area (Å²) < 4.78 is 6.02. The van der Waals surface area contributed by atoms with Gasteiger partial charge in [-0.3, -0.25) is 4.79 Å². The van der Waals surface area contributed by atoms with Crippen LogP contribution in [0.5, 0.6) is 0 Å². The summed E-state index contributed by atoms with van der Waals surface area (Å²) in [5, 5.41) is 1.70. The van der Waals surface area contributed by atoms with Gasteiger partial charge in [0.25, 0.3) is 0 Å². The molecule has 5 nitrogen and oxygen atoms in total. The number of ketones is 1. The lowest BCUT2D eigenvalue weighted by Crippen LogP contribution is -2.54. The van der Waals surface area contributed by atoms with Crippen molar-refractivity contribution in [2.24, 2.45) is 10.7 Å². The third-order valence-corrected chi connectivity index (χ3v) is 6.60. The second kappa shape index (κ2) is 7.25. The summed E-state index contributed by atoms with van der Waals surface area (Å²) in [4.78, 5) is 21.4. The van der Waals surface area contributed by atoms with Gasteiger partial charge in [-0.25, -0.2) is 4.99 Å². The minimum Gasteiger partial charge on any atom is -0.468 e. The van der Waals surface area contributed by atoms with Crippen molar-refractivity contribution in [2.45, 2.75) is 50.3 Å². The van der Waals surface area contributed by atoms with Crippen molar-refractivity contribution >= 4 is 34.2 Å². The number of carbonyl (C=O) groups is 1. The minimum atomic E-state index is -0.997. The number of aromatic amines is 1. The zero-order chi connectivity index (χ0) is 20.9. The van der Waals surface area contributed by atoms with Crippen LogP contribution in [-0.4, -0.2) is 28.8 Å². The van der Waals surface area contributed by atoms with Crippen LogP contribution in [0.3, 0.4) is 0 Å². The van der Waals surface area contributed by atoms with E-state index in [1.165, 1.54) is 5.56 Å². The summed E-state index contributed by atoms with van der Waals surface area (Å²) >= 11 is 6.49. The van der Waals surface area contributed by atoms with E-state index >= 15 is 0 Å². The molecule has 3 atom stereocenters. The number of ether oxygens (including phenoxy) is 1. The molecule has 5 rings (SSSR count). The van der Waals surface area contributed by atoms with Crippen LogP contribution in [0.15, 0.2) is 53.7 Å². The molecule has 3 aromatic rings. The van der Waals surface area contributed by atoms with Gasteiger partial charge in [-0.05, 0) is 56.4 Å². The van der Waals surface area contributed by atoms with Gasteiger partial charge in [0.1, 0.15) is 0 Å². The van der Waals surface area contributed by atoms with E-state index in [0.29, 0.717) is 30.2 Å². The van der Waals surface area contributed by atoms with Crippen LogP contribution in [0, 0.1) is 6.92 Å². The number of nitrogens with zero attached hydrogens (tertiary/aromatic N) is 1. The van der Waals surface area contributed by atoms with Crippen molar-refractivity contribution in [1.29, 1.82) is 0 Å². The molecule has 0 spiro atoms. The molecule has 0 amide bonds. The Hall–Kier alpha value is -2.63. The van der Waals surface area contributed by atoms with Crippen molar-refractivity contribution in [3.63, 3.8) is 0 Å². The van der Waals surface area contributed by atoms with E-state index in [2.05, 4.69) is 30.1 Å². The van der Waals surface area contributed by atoms with Gasteiger partial charge in [0.05, 0.1) is 6.04 Å². The summed E-state index contributed by atoms with van der Waals surface area (Å²) in [7, 11) is 0. The Bertz CT molecular complexity index is 1170. The number of benzene rings is 2. The maximum absolute atomic E-state index is 13.2. The molecule has 2 aromatic carbocycles. The van der Waals surface area contributed by atoms with Gasteiger partial charge in [0.2, 0.25) is 11.7 Å². The lowest BCUT2D eigenvalue weighted by Gasteiger charge is -2.42. The first-order valence-electron chi connectivity index (χ1n) is 10.4. The number of nitrogens with one attached hydrogen (secondary N) is 1. The fourth-order valence-electron chi connectivity index (χ4n) is 4.73. The first-order valence-corrected chi connectivity index (χ1v) is 10.7. The molecule has 6 heteroatoms. The van der Waals surface area contributed by atoms with E-state index in [4.69, 9.17) is 27.1 Å². The smallest absolute Gasteiger partial charge is 0.205 e. The quantitative estimate of drug-likeness (QED) is 0.653. The Labute approximate surface area is 180 Å². The van der Waals surface area contributed by atoms with Crippen molar-refractivity contribution in [1.82, 2.24) is 4.98 Å². The normalized spacial score (nSPS) is 24.4. The molecule has 1 aliphatic heterocycles. The zero-order valence-corrected chi connectivity index (χ0v) is 17.6. The van der Waals surface area contributed by atoms with Crippen LogP contribution in [0.25, 0.3) is 10.9 Å². The predicted molar refractivity (Wildman–Crippen MR) is 119 cm³/mol. The Morgan fingerprint density at radius 2 is 2.17 bits per heavy atom. The van der Waals surface area contributed by atoms with Crippen LogP contribution < -0.4 is 5.73 Å². The first kappa shape index (κ1) is 19.3. The van der Waals surface area contributed by atoms with E-state index in [1.807, 2.05) is 24.4 Å². The number of hydrogen-bond donors (Lipinski definition) is 2. The first-order chi connectivity index (χ1) is 14.5. The third-order valence-electron chi connectivity index (χ3n) is 6.27. The van der Waals surface area contributed by atoms with Crippen LogP contribution in [0.1, 0.15) is 36.0 Å². The Balaban J connectivity index is 1.53. The van der Waals surface area contributed by atoms with Crippen molar-refractivity contribution in [3.8, 4) is 0 Å². The molecule has 0 saturated heterocycles. The molecule has 30 heavy (non-hydrogen) atoms. The van der Waals surface area contributed by atoms with Gasteiger partial charge in [-0.15, -0.1) is 0 Å². The third kappa shape index (κ3) is 3.04. The average molecular weight is 422 g/mol. The molecule has 2 heterocycles. The van der Waals surface area contributed by atoms with Gasteiger partial charge in [0.15, 0.2) is 11.6 Å². The minimum absolute atomic E-state index is 0.0134. The molecular weight excluding hydrogens is 398 g/mol. The maximum Gasteiger partial charge on any atom is 0.205 e. The monoisotopic (exact) mass is 421 g/mol. The maximum atomic E-state index is 13.2. The summed E-state index contributed by atoms with van der Waals surface area (Å²) in [6, 6.07) is 13.3. The fraction of sp³-hybridized carbons (Fsp3) is 0.333. The molecule has 2 bridgehead atoms. The topological polar surface area (TPSA) is 80.5 Å². The largest absolute Gasteiger partial charge is 0.468 e. The molecule has 1 unspecified atom stereocenters.